The van der Waals surface area contributed by atoms with Crippen molar-refractivity contribution in [2.75, 3.05) is 13.2 Å². The summed E-state index contributed by atoms with van der Waals surface area (Å²) in [6.45, 7) is 6.48. The van der Waals surface area contributed by atoms with E-state index in [0.29, 0.717) is 0 Å². The molecule has 0 bridgehead atoms. The molecule has 0 atom stereocenters. The Labute approximate surface area is 103 Å². The maximum absolute atomic E-state index is 8.39. The van der Waals surface area contributed by atoms with Gasteiger partial charge in [-0.05, 0) is 36.6 Å². The molecule has 0 unspecified atom stereocenters. The average Bonchev–Trinajstić information content (AvgIpc) is 2.33. The summed E-state index contributed by atoms with van der Waals surface area (Å²) in [5.74, 6) is 1.49. The third kappa shape index (κ3) is 5.94. The number of nitrogens with zero attached hydrogens (tertiary/aromatic N) is 1. The van der Waals surface area contributed by atoms with Crippen molar-refractivity contribution >= 4 is 0 Å². The largest absolute Gasteiger partial charge is 0.479 e. The molecule has 0 aliphatic rings. The summed E-state index contributed by atoms with van der Waals surface area (Å²) in [5.41, 5.74) is 1.23. The maximum atomic E-state index is 8.39. The molecular formula is C14H20N2O. The maximum Gasteiger partial charge on any atom is 0.174 e. The fourth-order valence-electron chi connectivity index (χ4n) is 1.44. The van der Waals surface area contributed by atoms with E-state index in [1.807, 2.05) is 30.3 Å². The van der Waals surface area contributed by atoms with E-state index in [4.69, 9.17) is 10.00 Å². The van der Waals surface area contributed by atoms with Gasteiger partial charge in [0.05, 0.1) is 0 Å². The molecule has 0 saturated heterocycles. The van der Waals surface area contributed by atoms with E-state index in [1.54, 1.807) is 0 Å². The minimum Gasteiger partial charge on any atom is -0.479 e. The average molecular weight is 232 g/mol. The van der Waals surface area contributed by atoms with E-state index in [0.717, 1.165) is 24.8 Å². The Morgan fingerprint density at radius 3 is 2.59 bits per heavy atom. The van der Waals surface area contributed by atoms with Gasteiger partial charge in [0.2, 0.25) is 0 Å². The highest BCUT2D eigenvalue weighted by Crippen LogP contribution is 2.11. The molecule has 92 valence electrons. The Morgan fingerprint density at radius 1 is 1.29 bits per heavy atom. The van der Waals surface area contributed by atoms with Gasteiger partial charge in [-0.1, -0.05) is 26.0 Å². The number of rotatable bonds is 7. The lowest BCUT2D eigenvalue weighted by Crippen LogP contribution is -2.16. The molecule has 3 heteroatoms. The number of hydrogen-bond donors (Lipinski definition) is 1. The number of nitriles is 1. The van der Waals surface area contributed by atoms with Gasteiger partial charge in [-0.3, -0.25) is 0 Å². The topological polar surface area (TPSA) is 45.0 Å². The van der Waals surface area contributed by atoms with Crippen LogP contribution in [0, 0.1) is 17.2 Å². The summed E-state index contributed by atoms with van der Waals surface area (Å²) in [4.78, 5) is 0. The third-order valence-electron chi connectivity index (χ3n) is 2.45. The lowest BCUT2D eigenvalue weighted by Gasteiger charge is -2.07. The van der Waals surface area contributed by atoms with Gasteiger partial charge in [-0.25, -0.2) is 0 Å². The van der Waals surface area contributed by atoms with Gasteiger partial charge in [-0.15, -0.1) is 0 Å². The van der Waals surface area contributed by atoms with E-state index in [9.17, 15) is 0 Å². The highest BCUT2D eigenvalue weighted by Gasteiger charge is 1.96. The standard InChI is InChI=1S/C14H20N2O/c1-12(2)7-9-16-11-13-3-5-14(6-4-13)17-10-8-15/h3-6,12,16H,7,9-11H2,1-2H3. The van der Waals surface area contributed by atoms with Crippen LogP contribution >= 0.6 is 0 Å². The highest BCUT2D eigenvalue weighted by molar-refractivity contribution is 5.27. The van der Waals surface area contributed by atoms with E-state index in [2.05, 4.69) is 19.2 Å². The first-order valence-corrected chi connectivity index (χ1v) is 6.01. The molecular weight excluding hydrogens is 212 g/mol. The van der Waals surface area contributed by atoms with Crippen molar-refractivity contribution in [1.82, 2.24) is 5.32 Å². The van der Waals surface area contributed by atoms with Crippen LogP contribution in [0.4, 0.5) is 0 Å². The number of ether oxygens (including phenoxy) is 1. The molecule has 1 rings (SSSR count). The zero-order valence-corrected chi connectivity index (χ0v) is 10.6. The Bertz CT molecular complexity index is 351. The lowest BCUT2D eigenvalue weighted by atomic mass is 10.1. The van der Waals surface area contributed by atoms with E-state index >= 15 is 0 Å². The smallest absolute Gasteiger partial charge is 0.174 e. The molecule has 1 aromatic carbocycles. The van der Waals surface area contributed by atoms with Crippen LogP contribution in [0.15, 0.2) is 24.3 Å². The van der Waals surface area contributed by atoms with Crippen LogP contribution in [0.1, 0.15) is 25.8 Å². The summed E-state index contributed by atoms with van der Waals surface area (Å²) in [7, 11) is 0. The first-order valence-electron chi connectivity index (χ1n) is 6.01. The van der Waals surface area contributed by atoms with Crippen LogP contribution in [0.3, 0.4) is 0 Å². The van der Waals surface area contributed by atoms with Crippen LogP contribution in [-0.4, -0.2) is 13.2 Å². The minimum absolute atomic E-state index is 0.103. The summed E-state index contributed by atoms with van der Waals surface area (Å²) in [5, 5.41) is 11.8. The van der Waals surface area contributed by atoms with Crippen LogP contribution in [0.2, 0.25) is 0 Å². The Morgan fingerprint density at radius 2 is 2.00 bits per heavy atom. The van der Waals surface area contributed by atoms with Crippen molar-refractivity contribution in [2.45, 2.75) is 26.8 Å². The lowest BCUT2D eigenvalue weighted by molar-refractivity contribution is 0.368. The van der Waals surface area contributed by atoms with Gasteiger partial charge in [0, 0.05) is 6.54 Å². The molecule has 0 aliphatic heterocycles. The van der Waals surface area contributed by atoms with Crippen LogP contribution < -0.4 is 10.1 Å². The fourth-order valence-corrected chi connectivity index (χ4v) is 1.44. The molecule has 0 fully saturated rings. The SMILES string of the molecule is CC(C)CCNCc1ccc(OCC#N)cc1. The van der Waals surface area contributed by atoms with Crippen molar-refractivity contribution in [3.8, 4) is 11.8 Å². The molecule has 3 nitrogen and oxygen atoms in total. The number of hydrogen-bond acceptors (Lipinski definition) is 3. The molecule has 0 spiro atoms. The third-order valence-corrected chi connectivity index (χ3v) is 2.45. The number of benzene rings is 1. The first-order chi connectivity index (χ1) is 8.22. The minimum atomic E-state index is 0.103. The molecule has 0 amide bonds. The zero-order chi connectivity index (χ0) is 12.5. The van der Waals surface area contributed by atoms with Crippen LogP contribution in [-0.2, 0) is 6.54 Å². The normalized spacial score (nSPS) is 10.2. The van der Waals surface area contributed by atoms with Gasteiger partial charge >= 0.3 is 0 Å². The Kier molecular flexibility index (Phi) is 6.13. The van der Waals surface area contributed by atoms with Gasteiger partial charge < -0.3 is 10.1 Å². The summed E-state index contributed by atoms with van der Waals surface area (Å²) < 4.78 is 5.19. The predicted octanol–water partition coefficient (Wildman–Crippen LogP) is 2.72. The van der Waals surface area contributed by atoms with Crippen LogP contribution in [0.25, 0.3) is 0 Å². The molecule has 0 heterocycles. The van der Waals surface area contributed by atoms with Crippen molar-refractivity contribution in [3.63, 3.8) is 0 Å². The van der Waals surface area contributed by atoms with Crippen LogP contribution in [0.5, 0.6) is 5.75 Å². The summed E-state index contributed by atoms with van der Waals surface area (Å²) >= 11 is 0. The Hall–Kier alpha value is -1.53. The molecule has 1 N–H and O–H groups in total. The fraction of sp³-hybridized carbons (Fsp3) is 0.500. The molecule has 1 aromatic rings. The van der Waals surface area contributed by atoms with Gasteiger partial charge in [0.25, 0.3) is 0 Å². The van der Waals surface area contributed by atoms with E-state index in [1.165, 1.54) is 12.0 Å². The van der Waals surface area contributed by atoms with Gasteiger partial charge in [-0.2, -0.15) is 5.26 Å². The summed E-state index contributed by atoms with van der Waals surface area (Å²) in [6, 6.07) is 9.79. The van der Waals surface area contributed by atoms with Crippen molar-refractivity contribution in [2.24, 2.45) is 5.92 Å². The predicted molar refractivity (Wildman–Crippen MR) is 68.7 cm³/mol. The zero-order valence-electron chi connectivity index (χ0n) is 10.6. The van der Waals surface area contributed by atoms with Crippen molar-refractivity contribution in [1.29, 1.82) is 5.26 Å². The molecule has 0 aromatic heterocycles. The van der Waals surface area contributed by atoms with E-state index < -0.39 is 0 Å². The quantitative estimate of drug-likeness (QED) is 0.735. The number of nitrogens with one attached hydrogen (secondary N) is 1. The molecule has 0 radical (unpaired) electrons. The second-order valence-corrected chi connectivity index (χ2v) is 4.45. The molecule has 17 heavy (non-hydrogen) atoms. The van der Waals surface area contributed by atoms with Crippen molar-refractivity contribution in [3.05, 3.63) is 29.8 Å². The molecule has 0 saturated carbocycles. The van der Waals surface area contributed by atoms with Gasteiger partial charge in [0.1, 0.15) is 11.8 Å². The van der Waals surface area contributed by atoms with Gasteiger partial charge in [0.15, 0.2) is 6.61 Å². The van der Waals surface area contributed by atoms with E-state index in [-0.39, 0.29) is 6.61 Å². The first kappa shape index (κ1) is 13.5. The second kappa shape index (κ2) is 7.70. The second-order valence-electron chi connectivity index (χ2n) is 4.45. The highest BCUT2D eigenvalue weighted by atomic mass is 16.5. The monoisotopic (exact) mass is 232 g/mol. The Balaban J connectivity index is 2.28. The molecule has 0 aliphatic carbocycles. The summed E-state index contributed by atoms with van der Waals surface area (Å²) in [6.07, 6.45) is 1.20. The van der Waals surface area contributed by atoms with Crippen molar-refractivity contribution < 1.29 is 4.74 Å².